The topological polar surface area (TPSA) is 92.3 Å². The molecule has 0 aliphatic heterocycles. The number of nitrogens with zero attached hydrogens (tertiary/aromatic N) is 1. The number of nitriles is 1. The number of rotatable bonds is 4. The molecule has 0 spiro atoms. The van der Waals surface area contributed by atoms with Crippen molar-refractivity contribution in [3.63, 3.8) is 0 Å². The predicted octanol–water partition coefficient (Wildman–Crippen LogP) is 4.93. The maximum absolute atomic E-state index is 12.6. The summed E-state index contributed by atoms with van der Waals surface area (Å²) in [4.78, 5) is 26.5. The molecule has 4 aromatic rings. The predicted molar refractivity (Wildman–Crippen MR) is 117 cm³/mol. The molecule has 0 saturated carbocycles. The monoisotopic (exact) mass is 428 g/mol. The number of furan rings is 1. The molecular formula is C24H16N2O4S. The van der Waals surface area contributed by atoms with Crippen molar-refractivity contribution >= 4 is 39.9 Å². The molecule has 2 heterocycles. The Morgan fingerprint density at radius 3 is 2.74 bits per heavy atom. The van der Waals surface area contributed by atoms with E-state index in [4.69, 9.17) is 9.15 Å². The first-order valence-corrected chi connectivity index (χ1v) is 10.6. The van der Waals surface area contributed by atoms with Gasteiger partial charge in [-0.3, -0.25) is 4.79 Å². The molecule has 0 unspecified atom stereocenters. The highest BCUT2D eigenvalue weighted by Gasteiger charge is 2.23. The molecule has 1 amide bonds. The fourth-order valence-electron chi connectivity index (χ4n) is 3.80. The summed E-state index contributed by atoms with van der Waals surface area (Å²) in [7, 11) is 0. The molecule has 0 radical (unpaired) electrons. The van der Waals surface area contributed by atoms with Gasteiger partial charge in [0.2, 0.25) is 5.76 Å². The number of carbonyl (C=O) groups excluding carboxylic acids is 2. The molecule has 1 aliphatic rings. The number of ether oxygens (including phenoxy) is 1. The van der Waals surface area contributed by atoms with E-state index in [1.807, 2.05) is 24.3 Å². The summed E-state index contributed by atoms with van der Waals surface area (Å²) in [5.41, 5.74) is 4.33. The van der Waals surface area contributed by atoms with Gasteiger partial charge in [-0.15, -0.1) is 11.3 Å². The third-order valence-corrected chi connectivity index (χ3v) is 6.42. The van der Waals surface area contributed by atoms with Crippen molar-refractivity contribution in [1.29, 1.82) is 5.26 Å². The minimum absolute atomic E-state index is 0.00507. The number of carbonyl (C=O) groups is 2. The SMILES string of the molecule is N#Cc1oc2ccccc2c1NC(=O)COC(=O)c1cc2c(s1)-c1ccccc1CC2. The third-order valence-electron chi connectivity index (χ3n) is 5.23. The van der Waals surface area contributed by atoms with Crippen LogP contribution < -0.4 is 5.32 Å². The Morgan fingerprint density at radius 1 is 1.10 bits per heavy atom. The van der Waals surface area contributed by atoms with Crippen LogP contribution in [0.2, 0.25) is 0 Å². The smallest absolute Gasteiger partial charge is 0.348 e. The standard InChI is InChI=1S/C24H16N2O4S/c25-12-19-22(17-7-3-4-8-18(17)30-19)26-21(27)13-29-24(28)20-11-15-10-9-14-5-1-2-6-16(14)23(15)31-20/h1-8,11H,9-10,13H2,(H,26,27). The summed E-state index contributed by atoms with van der Waals surface area (Å²) in [6.07, 6.45) is 1.82. The summed E-state index contributed by atoms with van der Waals surface area (Å²) in [6, 6.07) is 19.0. The van der Waals surface area contributed by atoms with E-state index < -0.39 is 18.5 Å². The van der Waals surface area contributed by atoms with E-state index in [-0.39, 0.29) is 11.4 Å². The van der Waals surface area contributed by atoms with E-state index in [1.165, 1.54) is 16.9 Å². The van der Waals surface area contributed by atoms with Gasteiger partial charge in [-0.05, 0) is 47.7 Å². The molecule has 0 fully saturated rings. The number of esters is 1. The lowest BCUT2D eigenvalue weighted by Gasteiger charge is -2.15. The van der Waals surface area contributed by atoms with Crippen molar-refractivity contribution in [3.05, 3.63) is 76.4 Å². The second-order valence-corrected chi connectivity index (χ2v) is 8.21. The molecule has 1 N–H and O–H groups in total. The molecule has 1 aliphatic carbocycles. The molecule has 7 heteroatoms. The summed E-state index contributed by atoms with van der Waals surface area (Å²) < 4.78 is 10.7. The first kappa shape index (κ1) is 19.1. The van der Waals surface area contributed by atoms with Crippen molar-refractivity contribution in [2.24, 2.45) is 0 Å². The van der Waals surface area contributed by atoms with Crippen LogP contribution in [0.3, 0.4) is 0 Å². The molecule has 2 aromatic heterocycles. The molecular weight excluding hydrogens is 412 g/mol. The summed E-state index contributed by atoms with van der Waals surface area (Å²) in [5, 5.41) is 12.5. The quantitative estimate of drug-likeness (QED) is 0.466. The first-order valence-electron chi connectivity index (χ1n) is 9.73. The van der Waals surface area contributed by atoms with Crippen LogP contribution in [0.1, 0.15) is 26.6 Å². The van der Waals surface area contributed by atoms with Gasteiger partial charge in [0.15, 0.2) is 6.61 Å². The van der Waals surface area contributed by atoms with Gasteiger partial charge in [-0.25, -0.2) is 4.79 Å². The Morgan fingerprint density at radius 2 is 1.87 bits per heavy atom. The van der Waals surface area contributed by atoms with Gasteiger partial charge in [0, 0.05) is 10.3 Å². The average Bonchev–Trinajstić information content (AvgIpc) is 3.39. The van der Waals surface area contributed by atoms with E-state index in [0.717, 1.165) is 28.8 Å². The number of fused-ring (bicyclic) bond motifs is 4. The van der Waals surface area contributed by atoms with Gasteiger partial charge in [0.25, 0.3) is 5.91 Å². The van der Waals surface area contributed by atoms with Crippen molar-refractivity contribution in [2.45, 2.75) is 12.8 Å². The van der Waals surface area contributed by atoms with Crippen molar-refractivity contribution < 1.29 is 18.7 Å². The Balaban J connectivity index is 1.29. The number of hydrogen-bond donors (Lipinski definition) is 1. The molecule has 31 heavy (non-hydrogen) atoms. The highest BCUT2D eigenvalue weighted by molar-refractivity contribution is 7.17. The van der Waals surface area contributed by atoms with Crippen molar-refractivity contribution in [3.8, 4) is 16.5 Å². The van der Waals surface area contributed by atoms with E-state index >= 15 is 0 Å². The van der Waals surface area contributed by atoms with Crippen LogP contribution in [0.4, 0.5) is 5.69 Å². The Labute approximate surface area is 181 Å². The lowest BCUT2D eigenvalue weighted by Crippen LogP contribution is -2.20. The number of para-hydroxylation sites is 1. The second kappa shape index (κ2) is 7.74. The van der Waals surface area contributed by atoms with E-state index in [2.05, 4.69) is 17.4 Å². The van der Waals surface area contributed by atoms with Gasteiger partial charge in [-0.1, -0.05) is 36.4 Å². The fourth-order valence-corrected chi connectivity index (χ4v) is 4.96. The number of benzene rings is 2. The molecule has 152 valence electrons. The van der Waals surface area contributed by atoms with Crippen molar-refractivity contribution in [2.75, 3.05) is 11.9 Å². The van der Waals surface area contributed by atoms with E-state index in [0.29, 0.717) is 15.8 Å². The maximum Gasteiger partial charge on any atom is 0.348 e. The zero-order valence-electron chi connectivity index (χ0n) is 16.3. The van der Waals surface area contributed by atoms with Gasteiger partial charge in [0.1, 0.15) is 22.2 Å². The van der Waals surface area contributed by atoms with Crippen LogP contribution in [0.15, 0.2) is 59.0 Å². The lowest BCUT2D eigenvalue weighted by molar-refractivity contribution is -0.119. The minimum atomic E-state index is -0.539. The molecule has 0 atom stereocenters. The summed E-state index contributed by atoms with van der Waals surface area (Å²) in [5.74, 6) is -1.07. The summed E-state index contributed by atoms with van der Waals surface area (Å²) in [6.45, 7) is -0.456. The number of nitrogens with one attached hydrogen (secondary N) is 1. The zero-order valence-corrected chi connectivity index (χ0v) is 17.1. The van der Waals surface area contributed by atoms with Crippen LogP contribution in [0, 0.1) is 11.3 Å². The van der Waals surface area contributed by atoms with E-state index in [1.54, 1.807) is 24.3 Å². The number of aryl methyl sites for hydroxylation is 2. The van der Waals surface area contributed by atoms with Crippen molar-refractivity contribution in [1.82, 2.24) is 0 Å². The normalized spacial score (nSPS) is 12.0. The van der Waals surface area contributed by atoms with Gasteiger partial charge in [-0.2, -0.15) is 5.26 Å². The van der Waals surface area contributed by atoms with Gasteiger partial charge < -0.3 is 14.5 Å². The fraction of sp³-hybridized carbons (Fsp3) is 0.125. The van der Waals surface area contributed by atoms with E-state index in [9.17, 15) is 14.9 Å². The highest BCUT2D eigenvalue weighted by atomic mass is 32.1. The zero-order chi connectivity index (χ0) is 21.4. The number of anilines is 1. The maximum atomic E-state index is 12.6. The number of thiophene rings is 1. The van der Waals surface area contributed by atoms with Gasteiger partial charge in [0.05, 0.1) is 0 Å². The third kappa shape index (κ3) is 3.47. The molecule has 0 saturated heterocycles. The average molecular weight is 428 g/mol. The summed E-state index contributed by atoms with van der Waals surface area (Å²) >= 11 is 1.39. The molecule has 5 rings (SSSR count). The first-order chi connectivity index (χ1) is 15.1. The van der Waals surface area contributed by atoms with Crippen LogP contribution in [0.25, 0.3) is 21.4 Å². The Bertz CT molecular complexity index is 1380. The van der Waals surface area contributed by atoms with Gasteiger partial charge >= 0.3 is 5.97 Å². The second-order valence-electron chi connectivity index (χ2n) is 7.16. The number of hydrogen-bond acceptors (Lipinski definition) is 6. The van der Waals surface area contributed by atoms with Crippen LogP contribution in [-0.2, 0) is 22.4 Å². The minimum Gasteiger partial charge on any atom is -0.451 e. The lowest BCUT2D eigenvalue weighted by atomic mass is 9.91. The van der Waals surface area contributed by atoms with Crippen LogP contribution in [0.5, 0.6) is 0 Å². The van der Waals surface area contributed by atoms with Crippen LogP contribution in [-0.4, -0.2) is 18.5 Å². The highest BCUT2D eigenvalue weighted by Crippen LogP contribution is 2.39. The Hall–Kier alpha value is -3.89. The van der Waals surface area contributed by atoms with Crippen LogP contribution >= 0.6 is 11.3 Å². The molecule has 6 nitrogen and oxygen atoms in total. The largest absolute Gasteiger partial charge is 0.451 e. The number of amides is 1. The molecule has 2 aromatic carbocycles. The Kier molecular flexibility index (Phi) is 4.77. The molecule has 0 bridgehead atoms.